The summed E-state index contributed by atoms with van der Waals surface area (Å²) in [7, 11) is 0. The van der Waals surface area contributed by atoms with Gasteiger partial charge in [0, 0.05) is 37.4 Å². The molecule has 10 aromatic rings. The molecule has 10 rings (SSSR count). The second-order valence-corrected chi connectivity index (χ2v) is 13.6. The average molecular weight is 632 g/mol. The lowest BCUT2D eigenvalue weighted by molar-refractivity contribution is 1.02. The van der Waals surface area contributed by atoms with Crippen LogP contribution < -0.4 is 0 Å². The van der Waals surface area contributed by atoms with Crippen molar-refractivity contribution in [2.24, 2.45) is 0 Å². The van der Waals surface area contributed by atoms with Crippen LogP contribution >= 0.6 is 11.3 Å². The third-order valence-electron chi connectivity index (χ3n) is 9.97. The number of aromatic nitrogens is 3. The molecule has 0 amide bonds. The van der Waals surface area contributed by atoms with Crippen molar-refractivity contribution in [3.05, 3.63) is 151 Å². The Hall–Kier alpha value is -5.84. The summed E-state index contributed by atoms with van der Waals surface area (Å²) in [6.45, 7) is 4.48. The molecule has 3 heterocycles. The van der Waals surface area contributed by atoms with Crippen molar-refractivity contribution in [2.75, 3.05) is 0 Å². The number of hydrogen-bond donors (Lipinski definition) is 0. The third kappa shape index (κ3) is 3.81. The van der Waals surface area contributed by atoms with E-state index in [0.29, 0.717) is 5.95 Å². The van der Waals surface area contributed by atoms with Crippen LogP contribution in [0.4, 0.5) is 0 Å². The fraction of sp³-hybridized carbons (Fsp3) is 0.0455. The van der Waals surface area contributed by atoms with Crippen molar-refractivity contribution in [1.82, 2.24) is 14.5 Å². The normalized spacial score (nSPS) is 12.0. The number of hydrogen-bond acceptors (Lipinski definition) is 3. The lowest BCUT2D eigenvalue weighted by Crippen LogP contribution is -2.04. The van der Waals surface area contributed by atoms with Crippen LogP contribution in [0, 0.1) is 13.8 Å². The molecule has 7 aromatic carbocycles. The Labute approximate surface area is 281 Å². The zero-order chi connectivity index (χ0) is 31.9. The van der Waals surface area contributed by atoms with Crippen LogP contribution in [-0.4, -0.2) is 14.5 Å². The smallest absolute Gasteiger partial charge is 0.236 e. The molecule has 0 aliphatic rings. The van der Waals surface area contributed by atoms with Gasteiger partial charge in [0.2, 0.25) is 5.95 Å². The van der Waals surface area contributed by atoms with Gasteiger partial charge in [0.1, 0.15) is 4.83 Å². The van der Waals surface area contributed by atoms with E-state index in [-0.39, 0.29) is 0 Å². The number of rotatable bonds is 3. The Morgan fingerprint density at radius 3 is 2.02 bits per heavy atom. The van der Waals surface area contributed by atoms with E-state index in [1.54, 1.807) is 11.3 Å². The van der Waals surface area contributed by atoms with Crippen LogP contribution in [-0.2, 0) is 0 Å². The van der Waals surface area contributed by atoms with Crippen molar-refractivity contribution in [3.8, 4) is 28.3 Å². The van der Waals surface area contributed by atoms with Gasteiger partial charge in [-0.2, -0.15) is 0 Å². The molecule has 0 fully saturated rings. The molecule has 0 radical (unpaired) electrons. The molecule has 0 N–H and O–H groups in total. The van der Waals surface area contributed by atoms with Crippen molar-refractivity contribution < 1.29 is 0 Å². The summed E-state index contributed by atoms with van der Waals surface area (Å²) < 4.78 is 3.55. The second-order valence-electron chi connectivity index (χ2n) is 12.6. The molecule has 0 saturated heterocycles. The Morgan fingerprint density at radius 1 is 0.521 bits per heavy atom. The van der Waals surface area contributed by atoms with E-state index in [1.165, 1.54) is 64.7 Å². The maximum Gasteiger partial charge on any atom is 0.236 e. The molecule has 0 aliphatic heterocycles. The number of thiophene rings is 1. The minimum absolute atomic E-state index is 0.688. The SMILES string of the molecule is Cc1ccccc1-c1c(C)c2ccccc2c2c3ccccc3n(-c3nc(-c4cccc5ccccc45)c4c(n3)sc3ccccc34)c12. The van der Waals surface area contributed by atoms with E-state index in [1.807, 2.05) is 0 Å². The average Bonchev–Trinajstić information content (AvgIpc) is 3.68. The van der Waals surface area contributed by atoms with Gasteiger partial charge in [0.25, 0.3) is 0 Å². The van der Waals surface area contributed by atoms with Gasteiger partial charge in [-0.3, -0.25) is 4.57 Å². The van der Waals surface area contributed by atoms with E-state index in [4.69, 9.17) is 9.97 Å². The highest BCUT2D eigenvalue weighted by Crippen LogP contribution is 2.46. The Bertz CT molecular complexity index is 2920. The van der Waals surface area contributed by atoms with Gasteiger partial charge in [-0.05, 0) is 64.2 Å². The van der Waals surface area contributed by atoms with Crippen LogP contribution in [0.2, 0.25) is 0 Å². The third-order valence-corrected chi connectivity index (χ3v) is 11.0. The van der Waals surface area contributed by atoms with Gasteiger partial charge in [0.05, 0.1) is 16.7 Å². The Kier molecular flexibility index (Phi) is 5.87. The van der Waals surface area contributed by atoms with Crippen molar-refractivity contribution in [3.63, 3.8) is 0 Å². The lowest BCUT2D eigenvalue weighted by Gasteiger charge is -2.18. The molecule has 0 spiro atoms. The molecular formula is C44H29N3S. The van der Waals surface area contributed by atoms with E-state index in [0.717, 1.165) is 32.5 Å². The summed E-state index contributed by atoms with van der Waals surface area (Å²) in [5, 5.41) is 9.63. The zero-order valence-corrected chi connectivity index (χ0v) is 27.3. The van der Waals surface area contributed by atoms with Gasteiger partial charge < -0.3 is 0 Å². The molecule has 0 aliphatic carbocycles. The first-order valence-corrected chi connectivity index (χ1v) is 17.2. The van der Waals surface area contributed by atoms with Gasteiger partial charge in [-0.25, -0.2) is 9.97 Å². The predicted molar refractivity (Wildman–Crippen MR) is 205 cm³/mol. The van der Waals surface area contributed by atoms with Crippen LogP contribution in [0.1, 0.15) is 11.1 Å². The fourth-order valence-corrected chi connectivity index (χ4v) is 8.89. The molecule has 3 aromatic heterocycles. The highest BCUT2D eigenvalue weighted by molar-refractivity contribution is 7.25. The van der Waals surface area contributed by atoms with Crippen molar-refractivity contribution in [1.29, 1.82) is 0 Å². The Balaban J connectivity index is 1.44. The second kappa shape index (κ2) is 10.3. The number of aryl methyl sites for hydroxylation is 2. The first kappa shape index (κ1) is 27.3. The van der Waals surface area contributed by atoms with Gasteiger partial charge >= 0.3 is 0 Å². The largest absolute Gasteiger partial charge is 0.277 e. The number of nitrogens with zero attached hydrogens (tertiary/aromatic N) is 3. The van der Waals surface area contributed by atoms with E-state index in [2.05, 4.69) is 158 Å². The van der Waals surface area contributed by atoms with E-state index < -0.39 is 0 Å². The summed E-state index contributed by atoms with van der Waals surface area (Å²) in [4.78, 5) is 12.1. The molecular weight excluding hydrogens is 603 g/mol. The number of fused-ring (bicyclic) bond motifs is 9. The molecule has 0 atom stereocenters. The quantitative estimate of drug-likeness (QED) is 0.194. The maximum atomic E-state index is 5.61. The topological polar surface area (TPSA) is 30.7 Å². The number of para-hydroxylation sites is 1. The summed E-state index contributed by atoms with van der Waals surface area (Å²) in [6.07, 6.45) is 0. The van der Waals surface area contributed by atoms with Crippen LogP contribution in [0.25, 0.3) is 92.0 Å². The number of benzene rings is 7. The zero-order valence-electron chi connectivity index (χ0n) is 26.5. The highest BCUT2D eigenvalue weighted by atomic mass is 32.1. The monoisotopic (exact) mass is 631 g/mol. The molecule has 0 unspecified atom stereocenters. The van der Waals surface area contributed by atoms with Gasteiger partial charge in [-0.1, -0.05) is 127 Å². The summed E-state index contributed by atoms with van der Waals surface area (Å²) in [5.74, 6) is 0.688. The van der Waals surface area contributed by atoms with Crippen LogP contribution in [0.15, 0.2) is 140 Å². The minimum Gasteiger partial charge on any atom is -0.277 e. The van der Waals surface area contributed by atoms with Gasteiger partial charge in [-0.15, -0.1) is 11.3 Å². The first-order valence-electron chi connectivity index (χ1n) is 16.4. The molecule has 0 saturated carbocycles. The standard InChI is InChI=1S/C44H29N3S/c1-26-14-3-5-17-29(26)38-27(2)30-18-7-8-20-32(30)39-34-21-9-11-24-36(34)47(42(38)39)44-45-41(33-23-13-16-28-15-4-6-19-31(28)33)40-35-22-10-12-25-37(35)48-43(40)46-44/h3-25H,1-2H3. The molecule has 226 valence electrons. The fourth-order valence-electron chi connectivity index (χ4n) is 7.82. The molecule has 4 heteroatoms. The van der Waals surface area contributed by atoms with Crippen LogP contribution in [0.3, 0.4) is 0 Å². The predicted octanol–water partition coefficient (Wildman–Crippen LogP) is 12.2. The minimum atomic E-state index is 0.688. The summed E-state index contributed by atoms with van der Waals surface area (Å²) >= 11 is 1.74. The molecule has 48 heavy (non-hydrogen) atoms. The van der Waals surface area contributed by atoms with Crippen molar-refractivity contribution >= 4 is 75.0 Å². The Morgan fingerprint density at radius 2 is 1.17 bits per heavy atom. The van der Waals surface area contributed by atoms with E-state index in [9.17, 15) is 0 Å². The summed E-state index contributed by atoms with van der Waals surface area (Å²) in [5.41, 5.74) is 9.28. The van der Waals surface area contributed by atoms with Crippen molar-refractivity contribution in [2.45, 2.75) is 13.8 Å². The molecule has 3 nitrogen and oxygen atoms in total. The van der Waals surface area contributed by atoms with E-state index >= 15 is 0 Å². The van der Waals surface area contributed by atoms with Crippen LogP contribution in [0.5, 0.6) is 0 Å². The lowest BCUT2D eigenvalue weighted by atomic mass is 9.89. The summed E-state index contributed by atoms with van der Waals surface area (Å²) in [6, 6.07) is 50.1. The highest BCUT2D eigenvalue weighted by Gasteiger charge is 2.25. The molecule has 0 bridgehead atoms. The van der Waals surface area contributed by atoms with Gasteiger partial charge in [0.15, 0.2) is 0 Å². The first-order chi connectivity index (χ1) is 23.7. The maximum absolute atomic E-state index is 5.61.